The van der Waals surface area contributed by atoms with Crippen molar-refractivity contribution in [1.82, 2.24) is 5.32 Å². The lowest BCUT2D eigenvalue weighted by Crippen LogP contribution is -2.23. The summed E-state index contributed by atoms with van der Waals surface area (Å²) in [5.74, 6) is 5.63. The molecule has 1 N–H and O–H groups in total. The molecule has 0 saturated heterocycles. The molecule has 74 valence electrons. The average molecular weight is 272 g/mol. The molecule has 0 aliphatic carbocycles. The largest absolute Gasteiger partial charge is 0.351 e. The fraction of sp³-hybridized carbons (Fsp3) is 0.300. The smallest absolute Gasteiger partial charge is 0.252 e. The number of hydrogen-bond donors (Lipinski definition) is 1. The van der Waals surface area contributed by atoms with E-state index >= 15 is 0 Å². The molecule has 1 aromatic rings. The van der Waals surface area contributed by atoms with E-state index in [1.165, 1.54) is 11.3 Å². The molecule has 1 aromatic heterocycles. The van der Waals surface area contributed by atoms with E-state index in [2.05, 4.69) is 33.1 Å². The van der Waals surface area contributed by atoms with Gasteiger partial charge in [0, 0.05) is 18.3 Å². The average Bonchev–Trinajstić information content (AvgIpc) is 2.59. The number of carbonyl (C=O) groups is 1. The normalized spacial score (nSPS) is 9.00. The zero-order valence-corrected chi connectivity index (χ0v) is 10.2. The van der Waals surface area contributed by atoms with Gasteiger partial charge in [0.15, 0.2) is 0 Å². The molecule has 2 nitrogen and oxygen atoms in total. The van der Waals surface area contributed by atoms with Crippen LogP contribution in [0.3, 0.4) is 0 Å². The maximum atomic E-state index is 11.4. The van der Waals surface area contributed by atoms with Crippen molar-refractivity contribution in [1.29, 1.82) is 0 Å². The number of nitrogens with one attached hydrogen (secondary N) is 1. The zero-order chi connectivity index (χ0) is 10.4. The van der Waals surface area contributed by atoms with Crippen LogP contribution >= 0.6 is 27.3 Å². The Kier molecular flexibility index (Phi) is 4.71. The predicted molar refractivity (Wildman–Crippen MR) is 62.4 cm³/mol. The number of amides is 1. The number of hydrogen-bond acceptors (Lipinski definition) is 2. The van der Waals surface area contributed by atoms with Crippen LogP contribution in [0.25, 0.3) is 0 Å². The van der Waals surface area contributed by atoms with Crippen LogP contribution in [0.5, 0.6) is 0 Å². The van der Waals surface area contributed by atoms with E-state index in [1.54, 1.807) is 6.92 Å². The Morgan fingerprint density at radius 2 is 2.50 bits per heavy atom. The standard InChI is InChI=1S/C10H10BrNOS/c1-2-3-4-5-12-10(13)8-6-9(11)14-7-8/h6-7H,4-5H2,1H3,(H,12,13). The van der Waals surface area contributed by atoms with Gasteiger partial charge in [-0.15, -0.1) is 23.2 Å². The Labute approximate surface area is 95.8 Å². The third kappa shape index (κ3) is 3.52. The summed E-state index contributed by atoms with van der Waals surface area (Å²) in [5.41, 5.74) is 0.700. The summed E-state index contributed by atoms with van der Waals surface area (Å²) >= 11 is 4.81. The molecule has 0 atom stereocenters. The van der Waals surface area contributed by atoms with E-state index in [-0.39, 0.29) is 5.91 Å². The molecule has 4 heteroatoms. The minimum Gasteiger partial charge on any atom is -0.351 e. The van der Waals surface area contributed by atoms with Crippen LogP contribution in [0.15, 0.2) is 15.2 Å². The third-order valence-electron chi connectivity index (χ3n) is 1.54. The highest BCUT2D eigenvalue weighted by Crippen LogP contribution is 2.20. The van der Waals surface area contributed by atoms with Crippen molar-refractivity contribution in [2.45, 2.75) is 13.3 Å². The maximum absolute atomic E-state index is 11.4. The Hall–Kier alpha value is -0.790. The predicted octanol–water partition coefficient (Wildman–Crippen LogP) is 2.65. The van der Waals surface area contributed by atoms with Gasteiger partial charge in [0.05, 0.1) is 9.35 Å². The summed E-state index contributed by atoms with van der Waals surface area (Å²) in [4.78, 5) is 11.4. The van der Waals surface area contributed by atoms with Crippen molar-refractivity contribution in [3.05, 3.63) is 20.8 Å². The SMILES string of the molecule is CC#CCCNC(=O)c1csc(Br)c1. The molecule has 0 fully saturated rings. The summed E-state index contributed by atoms with van der Waals surface area (Å²) in [6.07, 6.45) is 0.702. The van der Waals surface area contributed by atoms with Gasteiger partial charge in [-0.25, -0.2) is 0 Å². The Balaban J connectivity index is 2.38. The first-order chi connectivity index (χ1) is 6.74. The molecule has 1 rings (SSSR count). The third-order valence-corrected chi connectivity index (χ3v) is 3.05. The van der Waals surface area contributed by atoms with Crippen LogP contribution in [0.4, 0.5) is 0 Å². The number of carbonyl (C=O) groups excluding carboxylic acids is 1. The highest BCUT2D eigenvalue weighted by atomic mass is 79.9. The number of thiophene rings is 1. The number of halogens is 1. The maximum Gasteiger partial charge on any atom is 0.252 e. The highest BCUT2D eigenvalue weighted by molar-refractivity contribution is 9.11. The summed E-state index contributed by atoms with van der Waals surface area (Å²) < 4.78 is 0.969. The summed E-state index contributed by atoms with van der Waals surface area (Å²) in [6, 6.07) is 1.81. The molecule has 0 unspecified atom stereocenters. The van der Waals surface area contributed by atoms with Gasteiger partial charge in [-0.05, 0) is 28.9 Å². The van der Waals surface area contributed by atoms with Crippen molar-refractivity contribution in [2.24, 2.45) is 0 Å². The topological polar surface area (TPSA) is 29.1 Å². The Bertz CT molecular complexity index is 375. The van der Waals surface area contributed by atoms with Crippen molar-refractivity contribution < 1.29 is 4.79 Å². The first kappa shape index (κ1) is 11.3. The fourth-order valence-corrected chi connectivity index (χ4v) is 2.03. The molecular weight excluding hydrogens is 262 g/mol. The van der Waals surface area contributed by atoms with E-state index < -0.39 is 0 Å². The lowest BCUT2D eigenvalue weighted by Gasteiger charge is -1.99. The van der Waals surface area contributed by atoms with E-state index in [0.717, 1.165) is 3.79 Å². The van der Waals surface area contributed by atoms with E-state index in [9.17, 15) is 4.79 Å². The molecule has 0 aliphatic heterocycles. The van der Waals surface area contributed by atoms with Crippen molar-refractivity contribution in [3.63, 3.8) is 0 Å². The molecule has 0 saturated carbocycles. The molecule has 0 radical (unpaired) electrons. The highest BCUT2D eigenvalue weighted by Gasteiger charge is 2.05. The second-order valence-electron chi connectivity index (χ2n) is 2.57. The minimum atomic E-state index is -0.0372. The molecule has 0 spiro atoms. The molecule has 0 aromatic carbocycles. The van der Waals surface area contributed by atoms with Crippen LogP contribution in [-0.4, -0.2) is 12.5 Å². The molecule has 1 amide bonds. The van der Waals surface area contributed by atoms with Crippen LogP contribution in [0.1, 0.15) is 23.7 Å². The molecule has 0 bridgehead atoms. The van der Waals surface area contributed by atoms with Gasteiger partial charge in [-0.2, -0.15) is 0 Å². The van der Waals surface area contributed by atoms with Crippen LogP contribution in [0, 0.1) is 11.8 Å². The first-order valence-corrected chi connectivity index (χ1v) is 5.83. The molecule has 14 heavy (non-hydrogen) atoms. The van der Waals surface area contributed by atoms with E-state index in [4.69, 9.17) is 0 Å². The van der Waals surface area contributed by atoms with Gasteiger partial charge < -0.3 is 5.32 Å². The second kappa shape index (κ2) is 5.84. The molecule has 1 heterocycles. The fourth-order valence-electron chi connectivity index (χ4n) is 0.895. The quantitative estimate of drug-likeness (QED) is 0.665. The summed E-state index contributed by atoms with van der Waals surface area (Å²) in [7, 11) is 0. The number of rotatable bonds is 3. The van der Waals surface area contributed by atoms with Gasteiger partial charge >= 0.3 is 0 Å². The van der Waals surface area contributed by atoms with Crippen molar-refractivity contribution in [3.8, 4) is 11.8 Å². The van der Waals surface area contributed by atoms with Gasteiger partial charge in [0.1, 0.15) is 0 Å². The minimum absolute atomic E-state index is 0.0372. The van der Waals surface area contributed by atoms with E-state index in [0.29, 0.717) is 18.5 Å². The zero-order valence-electron chi connectivity index (χ0n) is 7.76. The molecule has 0 aliphatic rings. The van der Waals surface area contributed by atoms with Gasteiger partial charge in [-0.3, -0.25) is 4.79 Å². The summed E-state index contributed by atoms with van der Waals surface area (Å²) in [5, 5.41) is 4.62. The van der Waals surface area contributed by atoms with Gasteiger partial charge in [0.25, 0.3) is 5.91 Å². The van der Waals surface area contributed by atoms with E-state index in [1.807, 2.05) is 11.4 Å². The van der Waals surface area contributed by atoms with Gasteiger partial charge in [0.2, 0.25) is 0 Å². The lowest BCUT2D eigenvalue weighted by atomic mass is 10.3. The van der Waals surface area contributed by atoms with Crippen LogP contribution in [-0.2, 0) is 0 Å². The van der Waals surface area contributed by atoms with Crippen LogP contribution in [0.2, 0.25) is 0 Å². The van der Waals surface area contributed by atoms with Gasteiger partial charge in [-0.1, -0.05) is 0 Å². The second-order valence-corrected chi connectivity index (χ2v) is 4.86. The van der Waals surface area contributed by atoms with Crippen molar-refractivity contribution >= 4 is 33.2 Å². The monoisotopic (exact) mass is 271 g/mol. The van der Waals surface area contributed by atoms with Crippen LogP contribution < -0.4 is 5.32 Å². The Morgan fingerprint density at radius 3 is 3.07 bits per heavy atom. The first-order valence-electron chi connectivity index (χ1n) is 4.16. The lowest BCUT2D eigenvalue weighted by molar-refractivity contribution is 0.0955. The summed E-state index contributed by atoms with van der Waals surface area (Å²) in [6.45, 7) is 2.39. The molecular formula is C10H10BrNOS. The van der Waals surface area contributed by atoms with Crippen molar-refractivity contribution in [2.75, 3.05) is 6.54 Å². The Morgan fingerprint density at radius 1 is 1.71 bits per heavy atom.